The second-order valence-electron chi connectivity index (χ2n) is 5.90. The molecule has 2 rings (SSSR count). The predicted octanol–water partition coefficient (Wildman–Crippen LogP) is 2.44. The van der Waals surface area contributed by atoms with Crippen LogP contribution >= 0.6 is 0 Å². The van der Waals surface area contributed by atoms with Crippen LogP contribution in [-0.4, -0.2) is 43.7 Å². The van der Waals surface area contributed by atoms with Gasteiger partial charge in [-0.25, -0.2) is 0 Å². The van der Waals surface area contributed by atoms with E-state index in [0.29, 0.717) is 6.54 Å². The van der Waals surface area contributed by atoms with Crippen LogP contribution in [0.1, 0.15) is 31.7 Å². The largest absolute Gasteiger partial charge is 0.382 e. The van der Waals surface area contributed by atoms with Gasteiger partial charge in [0.25, 0.3) is 0 Å². The molecule has 1 aromatic rings. The third-order valence-electron chi connectivity index (χ3n) is 4.09. The third kappa shape index (κ3) is 5.78. The first-order valence-corrected chi connectivity index (χ1v) is 8.41. The van der Waals surface area contributed by atoms with Crippen molar-refractivity contribution >= 4 is 5.91 Å². The van der Waals surface area contributed by atoms with Gasteiger partial charge >= 0.3 is 0 Å². The van der Waals surface area contributed by atoms with Gasteiger partial charge in [-0.15, -0.1) is 0 Å². The summed E-state index contributed by atoms with van der Waals surface area (Å²) in [7, 11) is 0. The lowest BCUT2D eigenvalue weighted by molar-refractivity contribution is -0.126. The van der Waals surface area contributed by atoms with E-state index in [0.717, 1.165) is 52.1 Å². The van der Waals surface area contributed by atoms with Crippen LogP contribution in [0, 0.1) is 5.92 Å². The molecule has 0 saturated carbocycles. The molecule has 1 aliphatic heterocycles. The van der Waals surface area contributed by atoms with E-state index in [4.69, 9.17) is 4.74 Å². The minimum Gasteiger partial charge on any atom is -0.382 e. The van der Waals surface area contributed by atoms with Gasteiger partial charge in [0.15, 0.2) is 0 Å². The van der Waals surface area contributed by atoms with Gasteiger partial charge in [-0.3, -0.25) is 9.69 Å². The Labute approximate surface area is 133 Å². The first kappa shape index (κ1) is 17.0. The van der Waals surface area contributed by atoms with Gasteiger partial charge in [-0.1, -0.05) is 30.3 Å². The SMILES string of the molecule is CCOCCCNC(=O)[C@H]1CCCN(Cc2ccccc2)C1. The van der Waals surface area contributed by atoms with Crippen LogP contribution < -0.4 is 5.32 Å². The number of hydrogen-bond donors (Lipinski definition) is 1. The highest BCUT2D eigenvalue weighted by atomic mass is 16.5. The Morgan fingerprint density at radius 3 is 2.95 bits per heavy atom. The van der Waals surface area contributed by atoms with E-state index in [-0.39, 0.29) is 11.8 Å². The number of piperidine rings is 1. The molecule has 1 atom stereocenters. The van der Waals surface area contributed by atoms with Crippen LogP contribution in [0.25, 0.3) is 0 Å². The molecule has 0 unspecified atom stereocenters. The molecule has 1 aromatic carbocycles. The van der Waals surface area contributed by atoms with Crippen molar-refractivity contribution in [1.82, 2.24) is 10.2 Å². The summed E-state index contributed by atoms with van der Waals surface area (Å²) in [4.78, 5) is 14.6. The molecule has 0 aliphatic carbocycles. The number of carbonyl (C=O) groups excluding carboxylic acids is 1. The van der Waals surface area contributed by atoms with E-state index in [1.165, 1.54) is 5.56 Å². The maximum absolute atomic E-state index is 12.3. The van der Waals surface area contributed by atoms with Crippen molar-refractivity contribution in [1.29, 1.82) is 0 Å². The maximum atomic E-state index is 12.3. The molecule has 1 amide bonds. The standard InChI is InChI=1S/C18H28N2O2/c1-2-22-13-7-11-19-18(21)17-10-6-12-20(15-17)14-16-8-4-3-5-9-16/h3-5,8-9,17H,2,6-7,10-15H2,1H3,(H,19,21)/t17-/m0/s1. The lowest BCUT2D eigenvalue weighted by Crippen LogP contribution is -2.43. The first-order valence-electron chi connectivity index (χ1n) is 8.41. The minimum absolute atomic E-state index is 0.129. The summed E-state index contributed by atoms with van der Waals surface area (Å²) in [6, 6.07) is 10.5. The Kier molecular flexibility index (Phi) is 7.40. The lowest BCUT2D eigenvalue weighted by Gasteiger charge is -2.32. The highest BCUT2D eigenvalue weighted by Gasteiger charge is 2.25. The number of ether oxygens (including phenoxy) is 1. The average Bonchev–Trinajstić information content (AvgIpc) is 2.56. The number of nitrogens with one attached hydrogen (secondary N) is 1. The molecular weight excluding hydrogens is 276 g/mol. The van der Waals surface area contributed by atoms with Gasteiger partial charge < -0.3 is 10.1 Å². The Morgan fingerprint density at radius 2 is 2.18 bits per heavy atom. The topological polar surface area (TPSA) is 41.6 Å². The molecule has 4 heteroatoms. The zero-order chi connectivity index (χ0) is 15.6. The van der Waals surface area contributed by atoms with Gasteiger partial charge in [0.1, 0.15) is 0 Å². The molecule has 0 spiro atoms. The summed E-state index contributed by atoms with van der Waals surface area (Å²) in [5.74, 6) is 0.332. The monoisotopic (exact) mass is 304 g/mol. The van der Waals surface area contributed by atoms with Crippen LogP contribution in [0.2, 0.25) is 0 Å². The second kappa shape index (κ2) is 9.59. The molecular formula is C18H28N2O2. The number of rotatable bonds is 8. The highest BCUT2D eigenvalue weighted by Crippen LogP contribution is 2.18. The quantitative estimate of drug-likeness (QED) is 0.750. The fourth-order valence-corrected chi connectivity index (χ4v) is 2.93. The predicted molar refractivity (Wildman–Crippen MR) is 88.6 cm³/mol. The van der Waals surface area contributed by atoms with Crippen LogP contribution in [0.4, 0.5) is 0 Å². The zero-order valence-corrected chi connectivity index (χ0v) is 13.6. The van der Waals surface area contributed by atoms with E-state index in [1.54, 1.807) is 0 Å². The van der Waals surface area contributed by atoms with Gasteiger partial charge in [0.2, 0.25) is 5.91 Å². The second-order valence-corrected chi connectivity index (χ2v) is 5.90. The van der Waals surface area contributed by atoms with Crippen LogP contribution in [0.5, 0.6) is 0 Å². The normalized spacial score (nSPS) is 19.0. The van der Waals surface area contributed by atoms with E-state index < -0.39 is 0 Å². The van der Waals surface area contributed by atoms with E-state index in [2.05, 4.69) is 34.5 Å². The lowest BCUT2D eigenvalue weighted by atomic mass is 9.96. The van der Waals surface area contributed by atoms with Crippen molar-refractivity contribution in [3.8, 4) is 0 Å². The summed E-state index contributed by atoms with van der Waals surface area (Å²) in [6.07, 6.45) is 2.99. The van der Waals surface area contributed by atoms with E-state index in [9.17, 15) is 4.79 Å². The van der Waals surface area contributed by atoms with E-state index >= 15 is 0 Å². The smallest absolute Gasteiger partial charge is 0.224 e. The van der Waals surface area contributed by atoms with Gasteiger partial charge in [0.05, 0.1) is 5.92 Å². The Morgan fingerprint density at radius 1 is 1.36 bits per heavy atom. The Balaban J connectivity index is 1.71. The third-order valence-corrected chi connectivity index (χ3v) is 4.09. The highest BCUT2D eigenvalue weighted by molar-refractivity contribution is 5.78. The number of likely N-dealkylation sites (tertiary alicyclic amines) is 1. The summed E-state index contributed by atoms with van der Waals surface area (Å²) >= 11 is 0. The summed E-state index contributed by atoms with van der Waals surface area (Å²) in [5, 5.41) is 3.05. The van der Waals surface area contributed by atoms with Crippen molar-refractivity contribution in [2.75, 3.05) is 32.8 Å². The summed E-state index contributed by atoms with van der Waals surface area (Å²) < 4.78 is 5.28. The first-order chi connectivity index (χ1) is 10.8. The number of hydrogen-bond acceptors (Lipinski definition) is 3. The molecule has 0 aromatic heterocycles. The van der Waals surface area contributed by atoms with Crippen LogP contribution in [-0.2, 0) is 16.1 Å². The zero-order valence-electron chi connectivity index (χ0n) is 13.6. The van der Waals surface area contributed by atoms with Crippen molar-refractivity contribution in [3.63, 3.8) is 0 Å². The van der Waals surface area contributed by atoms with Crippen molar-refractivity contribution in [3.05, 3.63) is 35.9 Å². The maximum Gasteiger partial charge on any atom is 0.224 e. The number of benzene rings is 1. The van der Waals surface area contributed by atoms with Crippen molar-refractivity contribution < 1.29 is 9.53 Å². The van der Waals surface area contributed by atoms with Gasteiger partial charge in [-0.2, -0.15) is 0 Å². The molecule has 1 saturated heterocycles. The summed E-state index contributed by atoms with van der Waals surface area (Å²) in [5.41, 5.74) is 1.32. The number of amides is 1. The fourth-order valence-electron chi connectivity index (χ4n) is 2.93. The molecule has 0 bridgehead atoms. The minimum atomic E-state index is 0.129. The molecule has 22 heavy (non-hydrogen) atoms. The number of carbonyl (C=O) groups is 1. The molecule has 1 heterocycles. The molecule has 1 N–H and O–H groups in total. The fraction of sp³-hybridized carbons (Fsp3) is 0.611. The van der Waals surface area contributed by atoms with Crippen molar-refractivity contribution in [2.24, 2.45) is 5.92 Å². The molecule has 1 fully saturated rings. The summed E-state index contributed by atoms with van der Waals surface area (Å²) in [6.45, 7) is 7.06. The van der Waals surface area contributed by atoms with Gasteiger partial charge in [0, 0.05) is 32.8 Å². The Hall–Kier alpha value is -1.39. The number of nitrogens with zero attached hydrogens (tertiary/aromatic N) is 1. The molecule has 0 radical (unpaired) electrons. The molecule has 122 valence electrons. The van der Waals surface area contributed by atoms with Crippen LogP contribution in [0.3, 0.4) is 0 Å². The molecule has 4 nitrogen and oxygen atoms in total. The van der Waals surface area contributed by atoms with E-state index in [1.807, 2.05) is 13.0 Å². The van der Waals surface area contributed by atoms with Gasteiger partial charge in [-0.05, 0) is 38.3 Å². The van der Waals surface area contributed by atoms with Crippen molar-refractivity contribution in [2.45, 2.75) is 32.7 Å². The average molecular weight is 304 g/mol. The van der Waals surface area contributed by atoms with Crippen LogP contribution in [0.15, 0.2) is 30.3 Å². The Bertz CT molecular complexity index is 436. The molecule has 1 aliphatic rings.